The Morgan fingerprint density at radius 2 is 1.76 bits per heavy atom. The van der Waals surface area contributed by atoms with Gasteiger partial charge in [-0.1, -0.05) is 35.3 Å². The molecule has 1 aliphatic rings. The lowest BCUT2D eigenvalue weighted by molar-refractivity contribution is 0.0714. The number of rotatable bonds is 3. The highest BCUT2D eigenvalue weighted by atomic mass is 35.5. The van der Waals surface area contributed by atoms with Crippen LogP contribution in [0.25, 0.3) is 27.9 Å². The molecule has 0 radical (unpaired) electrons. The minimum atomic E-state index is -0.117. The van der Waals surface area contributed by atoms with Crippen LogP contribution < -0.4 is 4.90 Å². The molecule has 3 aromatic heterocycles. The lowest BCUT2D eigenvalue weighted by atomic mass is 10.2. The zero-order valence-corrected chi connectivity index (χ0v) is 19.4. The molecular formula is C24H18Cl2N6O2. The van der Waals surface area contributed by atoms with E-state index < -0.39 is 0 Å². The molecule has 0 spiro atoms. The van der Waals surface area contributed by atoms with Crippen molar-refractivity contribution in [1.29, 1.82) is 0 Å². The molecule has 2 aromatic carbocycles. The van der Waals surface area contributed by atoms with Crippen LogP contribution in [-0.2, 0) is 0 Å². The fourth-order valence-corrected chi connectivity index (χ4v) is 4.67. The first-order valence-corrected chi connectivity index (χ1v) is 11.5. The van der Waals surface area contributed by atoms with Gasteiger partial charge in [-0.3, -0.25) is 4.79 Å². The first kappa shape index (κ1) is 20.9. The Bertz CT molecular complexity index is 1520. The molecule has 1 amide bonds. The maximum atomic E-state index is 12.7. The van der Waals surface area contributed by atoms with Crippen LogP contribution in [0.2, 0.25) is 10.0 Å². The van der Waals surface area contributed by atoms with Crippen LogP contribution >= 0.6 is 23.2 Å². The van der Waals surface area contributed by atoms with Gasteiger partial charge in [0.1, 0.15) is 0 Å². The molecule has 8 nitrogen and oxygen atoms in total. The zero-order valence-electron chi connectivity index (χ0n) is 17.9. The van der Waals surface area contributed by atoms with E-state index in [1.165, 1.54) is 6.26 Å². The highest BCUT2D eigenvalue weighted by Gasteiger charge is 2.27. The van der Waals surface area contributed by atoms with Gasteiger partial charge in [0, 0.05) is 42.2 Å². The van der Waals surface area contributed by atoms with Gasteiger partial charge in [-0.25, -0.2) is 9.38 Å². The van der Waals surface area contributed by atoms with Gasteiger partial charge in [0.15, 0.2) is 17.2 Å². The van der Waals surface area contributed by atoms with Gasteiger partial charge < -0.3 is 14.2 Å². The molecule has 1 aliphatic heterocycles. The van der Waals surface area contributed by atoms with Gasteiger partial charge in [-0.2, -0.15) is 0 Å². The van der Waals surface area contributed by atoms with Gasteiger partial charge in [0.2, 0.25) is 5.95 Å². The molecule has 1 saturated heterocycles. The number of benzene rings is 2. The summed E-state index contributed by atoms with van der Waals surface area (Å²) in [6.45, 7) is 2.22. The fourth-order valence-electron chi connectivity index (χ4n) is 4.29. The molecule has 34 heavy (non-hydrogen) atoms. The summed E-state index contributed by atoms with van der Waals surface area (Å²) in [5.41, 5.74) is 2.16. The maximum absolute atomic E-state index is 12.7. The van der Waals surface area contributed by atoms with E-state index in [9.17, 15) is 4.79 Å². The molecule has 0 bridgehead atoms. The summed E-state index contributed by atoms with van der Waals surface area (Å²) in [6.07, 6.45) is 1.51. The second-order valence-electron chi connectivity index (χ2n) is 7.99. The molecule has 10 heteroatoms. The molecule has 0 N–H and O–H groups in total. The average molecular weight is 493 g/mol. The highest BCUT2D eigenvalue weighted by Crippen LogP contribution is 2.32. The second-order valence-corrected chi connectivity index (χ2v) is 8.84. The van der Waals surface area contributed by atoms with Gasteiger partial charge in [0.05, 0.1) is 16.8 Å². The third kappa shape index (κ3) is 3.46. The van der Waals surface area contributed by atoms with Crippen molar-refractivity contribution < 1.29 is 9.21 Å². The molecule has 0 saturated carbocycles. The standard InChI is InChI=1S/C24H18Cl2N6O2/c25-15-7-8-17-19(14-15)27-24(31-11-9-30(10-12-31)23(33)20-6-3-13-34-20)32-21(28-29-22(17)32)16-4-1-2-5-18(16)26/h1-8,13-14H,9-12H2. The summed E-state index contributed by atoms with van der Waals surface area (Å²) in [5.74, 6) is 1.51. The van der Waals surface area contributed by atoms with Gasteiger partial charge in [0.25, 0.3) is 5.91 Å². The van der Waals surface area contributed by atoms with Crippen LogP contribution in [0, 0.1) is 0 Å². The number of hydrogen-bond donors (Lipinski definition) is 0. The van der Waals surface area contributed by atoms with E-state index in [2.05, 4.69) is 15.1 Å². The van der Waals surface area contributed by atoms with E-state index in [1.807, 2.05) is 46.9 Å². The predicted octanol–water partition coefficient (Wildman–Crippen LogP) is 4.81. The number of halogens is 2. The molecule has 0 unspecified atom stereocenters. The van der Waals surface area contributed by atoms with Crippen LogP contribution in [0.15, 0.2) is 65.3 Å². The number of carbonyl (C=O) groups is 1. The zero-order chi connectivity index (χ0) is 23.2. The highest BCUT2D eigenvalue weighted by molar-refractivity contribution is 6.33. The number of hydrogen-bond acceptors (Lipinski definition) is 6. The Kier molecular flexibility index (Phi) is 5.12. The van der Waals surface area contributed by atoms with Crippen LogP contribution in [-0.4, -0.2) is 56.6 Å². The molecule has 4 heterocycles. The number of amides is 1. The van der Waals surface area contributed by atoms with E-state index in [0.717, 1.165) is 16.5 Å². The summed E-state index contributed by atoms with van der Waals surface area (Å²) in [5, 5.41) is 11.0. The Hall–Kier alpha value is -3.62. The first-order chi connectivity index (χ1) is 16.6. The van der Waals surface area contributed by atoms with Crippen molar-refractivity contribution in [3.63, 3.8) is 0 Å². The largest absolute Gasteiger partial charge is 0.459 e. The van der Waals surface area contributed by atoms with Crippen molar-refractivity contribution in [2.75, 3.05) is 31.1 Å². The molecule has 1 fully saturated rings. The van der Waals surface area contributed by atoms with Crippen molar-refractivity contribution in [2.24, 2.45) is 0 Å². The average Bonchev–Trinajstić information content (AvgIpc) is 3.54. The van der Waals surface area contributed by atoms with Crippen molar-refractivity contribution in [2.45, 2.75) is 0 Å². The maximum Gasteiger partial charge on any atom is 0.289 e. The van der Waals surface area contributed by atoms with Crippen molar-refractivity contribution in [1.82, 2.24) is 24.5 Å². The predicted molar refractivity (Wildman–Crippen MR) is 131 cm³/mol. The minimum Gasteiger partial charge on any atom is -0.459 e. The van der Waals surface area contributed by atoms with Crippen molar-refractivity contribution in [3.05, 3.63) is 76.7 Å². The van der Waals surface area contributed by atoms with E-state index in [4.69, 9.17) is 32.6 Å². The van der Waals surface area contributed by atoms with Crippen LogP contribution in [0.1, 0.15) is 10.6 Å². The fraction of sp³-hybridized carbons (Fsp3) is 0.167. The summed E-state index contributed by atoms with van der Waals surface area (Å²) in [4.78, 5) is 21.6. The third-order valence-electron chi connectivity index (χ3n) is 5.98. The van der Waals surface area contributed by atoms with E-state index in [0.29, 0.717) is 59.4 Å². The number of aromatic nitrogens is 4. The van der Waals surface area contributed by atoms with Crippen LogP contribution in [0.5, 0.6) is 0 Å². The smallest absolute Gasteiger partial charge is 0.289 e. The van der Waals surface area contributed by atoms with Crippen molar-refractivity contribution >= 4 is 51.6 Å². The van der Waals surface area contributed by atoms with Gasteiger partial charge in [-0.15, -0.1) is 10.2 Å². The Labute approximate surface area is 204 Å². The first-order valence-electron chi connectivity index (χ1n) is 10.8. The number of furan rings is 1. The number of anilines is 1. The monoisotopic (exact) mass is 492 g/mol. The topological polar surface area (TPSA) is 79.8 Å². The lowest BCUT2D eigenvalue weighted by Gasteiger charge is -2.35. The van der Waals surface area contributed by atoms with E-state index in [-0.39, 0.29) is 5.91 Å². The Balaban J connectivity index is 1.45. The molecular weight excluding hydrogens is 475 g/mol. The number of carbonyl (C=O) groups excluding carboxylic acids is 1. The third-order valence-corrected chi connectivity index (χ3v) is 6.55. The van der Waals surface area contributed by atoms with Crippen LogP contribution in [0.4, 0.5) is 5.95 Å². The van der Waals surface area contributed by atoms with Crippen LogP contribution in [0.3, 0.4) is 0 Å². The number of fused-ring (bicyclic) bond motifs is 3. The number of nitrogens with zero attached hydrogens (tertiary/aromatic N) is 6. The summed E-state index contributed by atoms with van der Waals surface area (Å²) in [7, 11) is 0. The summed E-state index contributed by atoms with van der Waals surface area (Å²) in [6, 6.07) is 16.5. The SMILES string of the molecule is O=C(c1ccco1)N1CCN(c2nc3cc(Cl)ccc3c3nnc(-c4ccccc4Cl)n23)CC1. The molecule has 6 rings (SSSR count). The van der Waals surface area contributed by atoms with E-state index in [1.54, 1.807) is 17.0 Å². The van der Waals surface area contributed by atoms with Gasteiger partial charge in [-0.05, 0) is 42.5 Å². The second kappa shape index (κ2) is 8.30. The number of piperazine rings is 1. The molecule has 0 atom stereocenters. The summed E-state index contributed by atoms with van der Waals surface area (Å²) < 4.78 is 7.21. The molecule has 170 valence electrons. The minimum absolute atomic E-state index is 0.117. The molecule has 5 aromatic rings. The quantitative estimate of drug-likeness (QED) is 0.359. The van der Waals surface area contributed by atoms with Crippen molar-refractivity contribution in [3.8, 4) is 11.4 Å². The van der Waals surface area contributed by atoms with Gasteiger partial charge >= 0.3 is 0 Å². The van der Waals surface area contributed by atoms with E-state index >= 15 is 0 Å². The normalized spacial score (nSPS) is 14.3. The Morgan fingerprint density at radius 3 is 2.53 bits per heavy atom. The molecule has 0 aliphatic carbocycles. The lowest BCUT2D eigenvalue weighted by Crippen LogP contribution is -2.49. The Morgan fingerprint density at radius 1 is 0.941 bits per heavy atom. The summed E-state index contributed by atoms with van der Waals surface area (Å²) >= 11 is 12.8.